The van der Waals surface area contributed by atoms with Crippen molar-refractivity contribution in [3.63, 3.8) is 0 Å². The molecule has 0 unspecified atom stereocenters. The summed E-state index contributed by atoms with van der Waals surface area (Å²) >= 11 is 0. The molecule has 0 aliphatic heterocycles. The molecule has 6 heteroatoms. The molecule has 0 saturated carbocycles. The van der Waals surface area contributed by atoms with E-state index in [9.17, 15) is 4.79 Å². The average molecular weight is 491 g/mol. The third-order valence-electron chi connectivity index (χ3n) is 6.33. The van der Waals surface area contributed by atoms with Crippen molar-refractivity contribution < 1.29 is 14.2 Å². The van der Waals surface area contributed by atoms with E-state index in [2.05, 4.69) is 24.9 Å². The van der Waals surface area contributed by atoms with Crippen molar-refractivity contribution in [2.75, 3.05) is 20.8 Å². The maximum atomic E-state index is 13.4. The van der Waals surface area contributed by atoms with Crippen LogP contribution in [-0.4, -0.2) is 30.8 Å². The molecule has 0 aliphatic carbocycles. The number of hydrogen-bond donors (Lipinski definition) is 1. The molecule has 0 spiro atoms. The second kappa shape index (κ2) is 11.9. The number of nitrogens with zero attached hydrogens (tertiary/aromatic N) is 1. The third kappa shape index (κ3) is 5.32. The highest BCUT2D eigenvalue weighted by Crippen LogP contribution is 2.35. The highest BCUT2D eigenvalue weighted by Gasteiger charge is 2.18. The van der Waals surface area contributed by atoms with Gasteiger partial charge in [-0.1, -0.05) is 34.1 Å². The number of fused-ring (bicyclic) bond motifs is 2. The number of pyridine rings is 2. The van der Waals surface area contributed by atoms with Crippen LogP contribution in [0, 0.1) is 0 Å². The largest absolute Gasteiger partial charge is 0.494 e. The van der Waals surface area contributed by atoms with Crippen LogP contribution in [0.15, 0.2) is 41.2 Å². The van der Waals surface area contributed by atoms with Gasteiger partial charge in [0, 0.05) is 34.1 Å². The molecule has 2 heterocycles. The first-order valence-electron chi connectivity index (χ1n) is 12.4. The number of hydrogen-bond acceptors (Lipinski definition) is 5. The van der Waals surface area contributed by atoms with E-state index in [1.165, 1.54) is 0 Å². The molecule has 0 atom stereocenters. The van der Waals surface area contributed by atoms with Gasteiger partial charge in [-0.25, -0.2) is 0 Å². The quantitative estimate of drug-likeness (QED) is 0.270. The molecular weight excluding hydrogens is 452 g/mol. The van der Waals surface area contributed by atoms with Crippen LogP contribution in [0.5, 0.6) is 17.2 Å². The lowest BCUT2D eigenvalue weighted by Crippen LogP contribution is -2.17. The van der Waals surface area contributed by atoms with Crippen LogP contribution in [0.1, 0.15) is 63.6 Å². The van der Waals surface area contributed by atoms with Crippen LogP contribution in [-0.2, 0) is 19.3 Å². The lowest BCUT2D eigenvalue weighted by Gasteiger charge is -2.16. The zero-order valence-corrected chi connectivity index (χ0v) is 21.3. The van der Waals surface area contributed by atoms with Crippen molar-refractivity contribution in [2.45, 2.75) is 60.3 Å². The van der Waals surface area contributed by atoms with Gasteiger partial charge in [-0.15, -0.1) is 0 Å². The topological polar surface area (TPSA) is 73.4 Å². The van der Waals surface area contributed by atoms with Crippen LogP contribution in [0.4, 0.5) is 0 Å². The molecule has 4 aromatic rings. The SMILES string of the molecule is C.CCCc1nc2ccc(OCC)cc2cc1Cc1c(=O)[nH]c(CCC)c2cc(OC)c(OC)cc12. The van der Waals surface area contributed by atoms with Gasteiger partial charge in [-0.2, -0.15) is 0 Å². The Labute approximate surface area is 213 Å². The van der Waals surface area contributed by atoms with Crippen LogP contribution in [0.3, 0.4) is 0 Å². The Hall–Kier alpha value is -3.54. The van der Waals surface area contributed by atoms with Crippen molar-refractivity contribution >= 4 is 21.7 Å². The predicted octanol–water partition coefficient (Wildman–Crippen LogP) is 6.62. The fourth-order valence-electron chi connectivity index (χ4n) is 4.69. The number of ether oxygens (including phenoxy) is 3. The molecule has 0 radical (unpaired) electrons. The van der Waals surface area contributed by atoms with Crippen molar-refractivity contribution in [3.05, 3.63) is 69.3 Å². The normalized spacial score (nSPS) is 10.9. The van der Waals surface area contributed by atoms with E-state index in [-0.39, 0.29) is 13.0 Å². The van der Waals surface area contributed by atoms with Crippen LogP contribution in [0.25, 0.3) is 21.7 Å². The number of rotatable bonds is 10. The molecule has 4 rings (SSSR count). The van der Waals surface area contributed by atoms with Gasteiger partial charge in [0.1, 0.15) is 5.75 Å². The van der Waals surface area contributed by atoms with Gasteiger partial charge in [-0.3, -0.25) is 9.78 Å². The molecule has 2 aromatic heterocycles. The summed E-state index contributed by atoms with van der Waals surface area (Å²) in [6.45, 7) is 6.83. The van der Waals surface area contributed by atoms with E-state index in [0.29, 0.717) is 30.1 Å². The average Bonchev–Trinajstić information content (AvgIpc) is 2.86. The number of aromatic nitrogens is 2. The number of benzene rings is 2. The minimum atomic E-state index is -0.0706. The Kier molecular flexibility index (Phi) is 8.97. The van der Waals surface area contributed by atoms with Gasteiger partial charge < -0.3 is 19.2 Å². The minimum Gasteiger partial charge on any atom is -0.494 e. The maximum absolute atomic E-state index is 13.4. The summed E-state index contributed by atoms with van der Waals surface area (Å²) in [6.07, 6.45) is 4.00. The van der Waals surface area contributed by atoms with Gasteiger partial charge in [0.25, 0.3) is 5.56 Å². The molecular formula is C30H38N2O4. The molecule has 0 saturated heterocycles. The second-order valence-corrected chi connectivity index (χ2v) is 8.72. The summed E-state index contributed by atoms with van der Waals surface area (Å²) in [5.41, 5.74) is 4.57. The van der Waals surface area contributed by atoms with Crippen LogP contribution < -0.4 is 19.8 Å². The molecule has 1 N–H and O–H groups in total. The van der Waals surface area contributed by atoms with Crippen molar-refractivity contribution in [1.29, 1.82) is 0 Å². The Bertz CT molecular complexity index is 1410. The van der Waals surface area contributed by atoms with Crippen molar-refractivity contribution in [2.24, 2.45) is 0 Å². The fraction of sp³-hybridized carbons (Fsp3) is 0.400. The first-order chi connectivity index (χ1) is 17.0. The van der Waals surface area contributed by atoms with Gasteiger partial charge in [0.2, 0.25) is 0 Å². The van der Waals surface area contributed by atoms with Gasteiger partial charge >= 0.3 is 0 Å². The van der Waals surface area contributed by atoms with Crippen molar-refractivity contribution in [3.8, 4) is 17.2 Å². The molecule has 192 valence electrons. The first kappa shape index (κ1) is 27.1. The van der Waals surface area contributed by atoms with Gasteiger partial charge in [0.15, 0.2) is 11.5 Å². The summed E-state index contributed by atoms with van der Waals surface area (Å²) in [6, 6.07) is 12.0. The van der Waals surface area contributed by atoms with E-state index in [4.69, 9.17) is 19.2 Å². The predicted molar refractivity (Wildman–Crippen MR) is 148 cm³/mol. The summed E-state index contributed by atoms with van der Waals surface area (Å²) in [4.78, 5) is 21.5. The van der Waals surface area contributed by atoms with E-state index in [1.807, 2.05) is 37.3 Å². The minimum absolute atomic E-state index is 0. The van der Waals surface area contributed by atoms with Gasteiger partial charge in [0.05, 0.1) is 26.3 Å². The summed E-state index contributed by atoms with van der Waals surface area (Å²) in [5.74, 6) is 2.08. The monoisotopic (exact) mass is 490 g/mol. The Morgan fingerprint density at radius 1 is 0.889 bits per heavy atom. The highest BCUT2D eigenvalue weighted by molar-refractivity contribution is 5.91. The van der Waals surface area contributed by atoms with E-state index >= 15 is 0 Å². The number of nitrogens with one attached hydrogen (secondary N) is 1. The number of methoxy groups -OCH3 is 2. The van der Waals surface area contributed by atoms with E-state index < -0.39 is 0 Å². The summed E-state index contributed by atoms with van der Waals surface area (Å²) in [7, 11) is 3.25. The number of aromatic amines is 1. The van der Waals surface area contributed by atoms with Crippen LogP contribution >= 0.6 is 0 Å². The summed E-state index contributed by atoms with van der Waals surface area (Å²) in [5, 5.41) is 2.89. The maximum Gasteiger partial charge on any atom is 0.252 e. The lowest BCUT2D eigenvalue weighted by molar-refractivity contribution is 0.340. The first-order valence-corrected chi connectivity index (χ1v) is 12.4. The molecule has 0 bridgehead atoms. The molecule has 0 fully saturated rings. The molecule has 0 amide bonds. The standard InChI is InChI=1S/C29H34N2O4.CH4/c1-6-9-24-19(13-18-14-20(35-8-3)11-12-25(18)30-24)15-23-21-16-27(33-4)28(34-5)17-22(21)26(10-7-2)31-29(23)32;/h11-14,16-17H,6-10,15H2,1-5H3,(H,31,32);1H4. The highest BCUT2D eigenvalue weighted by atomic mass is 16.5. The second-order valence-electron chi connectivity index (χ2n) is 8.72. The van der Waals surface area contributed by atoms with Crippen LogP contribution in [0.2, 0.25) is 0 Å². The summed E-state index contributed by atoms with van der Waals surface area (Å²) < 4.78 is 16.8. The molecule has 6 nitrogen and oxygen atoms in total. The van der Waals surface area contributed by atoms with Crippen molar-refractivity contribution in [1.82, 2.24) is 9.97 Å². The Balaban J connectivity index is 0.00000361. The molecule has 36 heavy (non-hydrogen) atoms. The smallest absolute Gasteiger partial charge is 0.252 e. The third-order valence-corrected chi connectivity index (χ3v) is 6.33. The lowest BCUT2D eigenvalue weighted by atomic mass is 9.95. The zero-order chi connectivity index (χ0) is 24.9. The molecule has 2 aromatic carbocycles. The number of H-pyrrole nitrogens is 1. The fourth-order valence-corrected chi connectivity index (χ4v) is 4.69. The zero-order valence-electron chi connectivity index (χ0n) is 21.3. The Morgan fingerprint density at radius 2 is 1.58 bits per heavy atom. The Morgan fingerprint density at radius 3 is 2.22 bits per heavy atom. The van der Waals surface area contributed by atoms with E-state index in [0.717, 1.165) is 70.1 Å². The molecule has 0 aliphatic rings. The van der Waals surface area contributed by atoms with E-state index in [1.54, 1.807) is 14.2 Å². The number of aryl methyl sites for hydroxylation is 2. The van der Waals surface area contributed by atoms with Gasteiger partial charge in [-0.05, 0) is 67.1 Å².